The summed E-state index contributed by atoms with van der Waals surface area (Å²) < 4.78 is 94.7. The average Bonchev–Trinajstić information content (AvgIpc) is 2.68. The van der Waals surface area contributed by atoms with Gasteiger partial charge < -0.3 is 13.8 Å². The standard InChI is InChI=1S/C16H13F5NO5P/c1-8(16(23)25-2)22-28(24,26-9-6-4-3-5-7-9)27-15-13(20)11(18)10(17)12(19)14(15)21/h3-8H,1-2H3,(H,22,24)/t8-,28-/m1/s1. The van der Waals surface area contributed by atoms with E-state index in [0.717, 1.165) is 14.0 Å². The quantitative estimate of drug-likeness (QED) is 0.237. The van der Waals surface area contributed by atoms with Gasteiger partial charge in [0.05, 0.1) is 7.11 Å². The number of methoxy groups -OCH3 is 1. The van der Waals surface area contributed by atoms with Gasteiger partial charge in [-0.05, 0) is 19.1 Å². The largest absolute Gasteiger partial charge is 0.513 e. The summed E-state index contributed by atoms with van der Waals surface area (Å²) in [7, 11) is -3.87. The van der Waals surface area contributed by atoms with Crippen LogP contribution in [-0.4, -0.2) is 19.1 Å². The lowest BCUT2D eigenvalue weighted by Crippen LogP contribution is -2.35. The van der Waals surface area contributed by atoms with Crippen molar-refractivity contribution in [3.63, 3.8) is 0 Å². The topological polar surface area (TPSA) is 73.9 Å². The molecule has 6 nitrogen and oxygen atoms in total. The highest BCUT2D eigenvalue weighted by atomic mass is 31.2. The Labute approximate surface area is 155 Å². The maximum Gasteiger partial charge on any atom is 0.513 e. The number of carbonyl (C=O) groups excluding carboxylic acids is 1. The average molecular weight is 425 g/mol. The third-order valence-electron chi connectivity index (χ3n) is 3.26. The summed E-state index contributed by atoms with van der Waals surface area (Å²) in [5, 5.41) is 2.01. The van der Waals surface area contributed by atoms with E-state index in [4.69, 9.17) is 4.52 Å². The van der Waals surface area contributed by atoms with Gasteiger partial charge in [-0.1, -0.05) is 18.2 Å². The number of rotatable bonds is 7. The molecule has 1 N–H and O–H groups in total. The zero-order chi connectivity index (χ0) is 21.1. The van der Waals surface area contributed by atoms with Crippen LogP contribution in [0.25, 0.3) is 0 Å². The number of esters is 1. The van der Waals surface area contributed by atoms with Gasteiger partial charge in [-0.2, -0.15) is 13.9 Å². The van der Waals surface area contributed by atoms with Gasteiger partial charge in [-0.25, -0.2) is 17.7 Å². The van der Waals surface area contributed by atoms with Crippen molar-refractivity contribution in [3.05, 3.63) is 59.4 Å². The number of hydrogen-bond acceptors (Lipinski definition) is 5. The van der Waals surface area contributed by atoms with Crippen LogP contribution in [0.1, 0.15) is 6.92 Å². The molecule has 0 amide bonds. The van der Waals surface area contributed by atoms with Gasteiger partial charge in [0.25, 0.3) is 0 Å². The van der Waals surface area contributed by atoms with Gasteiger partial charge in [-0.15, -0.1) is 0 Å². The molecule has 0 fully saturated rings. The minimum Gasteiger partial charge on any atom is -0.468 e. The fraction of sp³-hybridized carbons (Fsp3) is 0.188. The van der Waals surface area contributed by atoms with Gasteiger partial charge in [0.1, 0.15) is 11.8 Å². The van der Waals surface area contributed by atoms with E-state index in [9.17, 15) is 31.3 Å². The van der Waals surface area contributed by atoms with Gasteiger partial charge >= 0.3 is 13.7 Å². The zero-order valence-corrected chi connectivity index (χ0v) is 15.2. The van der Waals surface area contributed by atoms with Crippen LogP contribution in [0.3, 0.4) is 0 Å². The van der Waals surface area contributed by atoms with Crippen molar-refractivity contribution in [1.82, 2.24) is 5.09 Å². The molecule has 0 spiro atoms. The molecule has 2 aromatic carbocycles. The summed E-state index contributed by atoms with van der Waals surface area (Å²) in [6.07, 6.45) is 0. The maximum atomic E-state index is 13.9. The Bertz CT molecular complexity index is 898. The third-order valence-corrected chi connectivity index (χ3v) is 4.83. The van der Waals surface area contributed by atoms with Gasteiger partial charge in [0, 0.05) is 0 Å². The highest BCUT2D eigenvalue weighted by molar-refractivity contribution is 7.52. The molecule has 0 saturated heterocycles. The lowest BCUT2D eigenvalue weighted by molar-refractivity contribution is -0.142. The number of hydrogen-bond donors (Lipinski definition) is 1. The van der Waals surface area contributed by atoms with Crippen molar-refractivity contribution >= 4 is 13.7 Å². The summed E-state index contributed by atoms with van der Waals surface area (Å²) >= 11 is 0. The molecule has 0 heterocycles. The van der Waals surface area contributed by atoms with Crippen LogP contribution >= 0.6 is 7.75 Å². The van der Waals surface area contributed by atoms with Crippen LogP contribution in [0.15, 0.2) is 30.3 Å². The second kappa shape index (κ2) is 8.57. The summed E-state index contributed by atoms with van der Waals surface area (Å²) in [6.45, 7) is 1.15. The number of ether oxygens (including phenoxy) is 1. The Balaban J connectivity index is 2.48. The highest BCUT2D eigenvalue weighted by Gasteiger charge is 2.38. The first-order valence-corrected chi connectivity index (χ1v) is 9.05. The van der Waals surface area contributed by atoms with E-state index in [0.29, 0.717) is 0 Å². The van der Waals surface area contributed by atoms with Crippen LogP contribution in [0, 0.1) is 29.1 Å². The summed E-state index contributed by atoms with van der Waals surface area (Å²) in [5.41, 5.74) is 0. The van der Waals surface area contributed by atoms with Gasteiger partial charge in [0.15, 0.2) is 0 Å². The van der Waals surface area contributed by atoms with Gasteiger partial charge in [-0.3, -0.25) is 4.79 Å². The Hall–Kier alpha value is -2.65. The molecular formula is C16H13F5NO5P. The number of benzene rings is 2. The predicted molar refractivity (Wildman–Crippen MR) is 86.2 cm³/mol. The number of nitrogens with one attached hydrogen (secondary N) is 1. The van der Waals surface area contributed by atoms with E-state index in [1.54, 1.807) is 6.07 Å². The van der Waals surface area contributed by atoms with Crippen molar-refractivity contribution < 1.29 is 45.1 Å². The predicted octanol–water partition coefficient (Wildman–Crippen LogP) is 4.10. The minimum atomic E-state index is -4.88. The van der Waals surface area contributed by atoms with Crippen LogP contribution in [0.4, 0.5) is 22.0 Å². The van der Waals surface area contributed by atoms with Crippen LogP contribution < -0.4 is 14.1 Å². The second-order valence-corrected chi connectivity index (χ2v) is 6.88. The van der Waals surface area contributed by atoms with Crippen molar-refractivity contribution in [3.8, 4) is 11.5 Å². The molecule has 152 valence electrons. The summed E-state index contributed by atoms with van der Waals surface area (Å²) in [6, 6.07) is 5.62. The van der Waals surface area contributed by atoms with E-state index in [2.05, 4.69) is 9.26 Å². The van der Waals surface area contributed by atoms with E-state index < -0.39 is 54.6 Å². The number of para-hydroxylation sites is 1. The molecule has 12 heteroatoms. The SMILES string of the molecule is COC(=O)[C@@H](C)N[P@@](=O)(Oc1ccccc1)Oc1c(F)c(F)c(F)c(F)c1F. The molecule has 0 aromatic heterocycles. The molecular weight excluding hydrogens is 412 g/mol. The molecule has 0 aliphatic carbocycles. The first-order valence-electron chi connectivity index (χ1n) is 7.51. The van der Waals surface area contributed by atoms with Crippen LogP contribution in [0.5, 0.6) is 11.5 Å². The van der Waals surface area contributed by atoms with E-state index >= 15 is 0 Å². The highest BCUT2D eigenvalue weighted by Crippen LogP contribution is 2.47. The number of carbonyl (C=O) groups is 1. The Morgan fingerprint density at radius 1 is 0.929 bits per heavy atom. The lowest BCUT2D eigenvalue weighted by Gasteiger charge is -2.23. The maximum absolute atomic E-state index is 13.9. The molecule has 0 saturated carbocycles. The van der Waals surface area contributed by atoms with Gasteiger partial charge in [0.2, 0.25) is 34.8 Å². The van der Waals surface area contributed by atoms with Crippen LogP contribution in [0.2, 0.25) is 0 Å². The van der Waals surface area contributed by atoms with Crippen molar-refractivity contribution in [2.75, 3.05) is 7.11 Å². The first-order chi connectivity index (χ1) is 13.1. The van der Waals surface area contributed by atoms with Crippen LogP contribution in [-0.2, 0) is 14.1 Å². The zero-order valence-electron chi connectivity index (χ0n) is 14.3. The van der Waals surface area contributed by atoms with E-state index in [-0.39, 0.29) is 5.75 Å². The molecule has 2 atom stereocenters. The second-order valence-electron chi connectivity index (χ2n) is 5.27. The molecule has 0 aliphatic heterocycles. The molecule has 28 heavy (non-hydrogen) atoms. The third kappa shape index (κ3) is 4.60. The molecule has 0 unspecified atom stereocenters. The molecule has 2 rings (SSSR count). The molecule has 0 radical (unpaired) electrons. The normalized spacial score (nSPS) is 14.1. The Morgan fingerprint density at radius 2 is 1.43 bits per heavy atom. The fourth-order valence-electron chi connectivity index (χ4n) is 1.94. The smallest absolute Gasteiger partial charge is 0.468 e. The fourth-order valence-corrected chi connectivity index (χ4v) is 3.47. The lowest BCUT2D eigenvalue weighted by atomic mass is 10.3. The first kappa shape index (κ1) is 21.6. The summed E-state index contributed by atoms with van der Waals surface area (Å²) in [4.78, 5) is 11.5. The van der Waals surface area contributed by atoms with Crippen molar-refractivity contribution in [2.45, 2.75) is 13.0 Å². The molecule has 0 bridgehead atoms. The molecule has 2 aromatic rings. The van der Waals surface area contributed by atoms with E-state index in [1.807, 2.05) is 5.09 Å². The minimum absolute atomic E-state index is 0.140. The Morgan fingerprint density at radius 3 is 1.93 bits per heavy atom. The monoisotopic (exact) mass is 425 g/mol. The van der Waals surface area contributed by atoms with Crippen molar-refractivity contribution in [1.29, 1.82) is 0 Å². The Kier molecular flexibility index (Phi) is 6.63. The number of halogens is 5. The summed E-state index contributed by atoms with van der Waals surface area (Å²) in [5.74, 6) is -14.7. The molecule has 0 aliphatic rings. The van der Waals surface area contributed by atoms with Crippen molar-refractivity contribution in [2.24, 2.45) is 0 Å². The van der Waals surface area contributed by atoms with E-state index in [1.165, 1.54) is 24.3 Å².